The van der Waals surface area contributed by atoms with Crippen LogP contribution in [0.4, 0.5) is 5.82 Å². The Morgan fingerprint density at radius 3 is 2.68 bits per heavy atom. The number of allylic oxidation sites excluding steroid dienone is 1. The number of aromatic nitrogens is 1. The van der Waals surface area contributed by atoms with Crippen LogP contribution < -0.4 is 10.2 Å². The van der Waals surface area contributed by atoms with E-state index in [1.807, 2.05) is 37.3 Å². The molecular weight excluding hydrogens is 425 g/mol. The van der Waals surface area contributed by atoms with Crippen LogP contribution in [0.3, 0.4) is 0 Å². The average molecular weight is 459 g/mol. The van der Waals surface area contributed by atoms with Crippen molar-refractivity contribution >= 4 is 35.8 Å². The molecule has 0 bridgehead atoms. The van der Waals surface area contributed by atoms with Crippen molar-refractivity contribution in [2.24, 2.45) is 4.99 Å². The molecule has 0 unspecified atom stereocenters. The zero-order chi connectivity index (χ0) is 17.8. The molecule has 0 saturated carbocycles. The molecule has 0 spiro atoms. The van der Waals surface area contributed by atoms with Crippen LogP contribution in [-0.4, -0.2) is 50.1 Å². The molecule has 0 aliphatic carbocycles. The molecule has 0 fully saturated rings. The summed E-state index contributed by atoms with van der Waals surface area (Å²) in [4.78, 5) is 13.5. The topological polar surface area (TPSA) is 43.8 Å². The number of nitrogens with zero attached hydrogens (tertiary/aromatic N) is 4. The minimum absolute atomic E-state index is 0. The van der Waals surface area contributed by atoms with Gasteiger partial charge in [-0.05, 0) is 32.3 Å². The summed E-state index contributed by atoms with van der Waals surface area (Å²) in [6, 6.07) is 4.05. The second-order valence-electron chi connectivity index (χ2n) is 6.11. The largest absolute Gasteiger partial charge is 0.362 e. The number of hydrogen-bond acceptors (Lipinski definition) is 3. The Labute approximate surface area is 170 Å². The lowest BCUT2D eigenvalue weighted by Gasteiger charge is -2.22. The van der Waals surface area contributed by atoms with Crippen molar-refractivity contribution in [3.8, 4) is 0 Å². The molecule has 0 aliphatic rings. The number of unbranched alkanes of at least 4 members (excludes halogenated alkanes) is 3. The van der Waals surface area contributed by atoms with E-state index in [0.717, 1.165) is 36.9 Å². The third-order valence-electron chi connectivity index (χ3n) is 3.79. The molecule has 1 heterocycles. The Morgan fingerprint density at radius 1 is 1.28 bits per heavy atom. The first-order valence-electron chi connectivity index (χ1n) is 8.81. The lowest BCUT2D eigenvalue weighted by atomic mass is 10.2. The standard InChI is InChI=1S/C19H33N5.HI/c1-6-8-9-10-11-15-24(5)19(20-7-2)22-16-17-13-12-14-21-18(17)23(3)4;/h6,12-14H,1,7-11,15-16H2,2-5H3,(H,20,22);1H. The molecule has 25 heavy (non-hydrogen) atoms. The fourth-order valence-corrected chi connectivity index (χ4v) is 2.51. The summed E-state index contributed by atoms with van der Waals surface area (Å²) in [7, 11) is 6.12. The van der Waals surface area contributed by atoms with Gasteiger partial charge in [-0.3, -0.25) is 0 Å². The van der Waals surface area contributed by atoms with Crippen molar-refractivity contribution < 1.29 is 0 Å². The van der Waals surface area contributed by atoms with Crippen LogP contribution in [0.15, 0.2) is 36.0 Å². The quantitative estimate of drug-likeness (QED) is 0.190. The van der Waals surface area contributed by atoms with Crippen LogP contribution >= 0.6 is 24.0 Å². The van der Waals surface area contributed by atoms with Gasteiger partial charge in [-0.15, -0.1) is 30.6 Å². The molecule has 0 aliphatic heterocycles. The van der Waals surface area contributed by atoms with Crippen molar-refractivity contribution in [2.45, 2.75) is 39.2 Å². The molecule has 5 nitrogen and oxygen atoms in total. The Morgan fingerprint density at radius 2 is 2.04 bits per heavy atom. The van der Waals surface area contributed by atoms with Crippen molar-refractivity contribution in [1.82, 2.24) is 15.2 Å². The molecule has 1 aromatic rings. The third-order valence-corrected chi connectivity index (χ3v) is 3.79. The molecule has 142 valence electrons. The maximum Gasteiger partial charge on any atom is 0.193 e. The van der Waals surface area contributed by atoms with E-state index in [1.165, 1.54) is 19.3 Å². The summed E-state index contributed by atoms with van der Waals surface area (Å²) in [5.74, 6) is 1.93. The maximum absolute atomic E-state index is 4.79. The average Bonchev–Trinajstić information content (AvgIpc) is 2.58. The number of aliphatic imine (C=N–C) groups is 1. The summed E-state index contributed by atoms with van der Waals surface area (Å²) in [5.41, 5.74) is 1.14. The molecule has 0 radical (unpaired) electrons. The van der Waals surface area contributed by atoms with E-state index >= 15 is 0 Å². The van der Waals surface area contributed by atoms with Crippen LogP contribution in [0.5, 0.6) is 0 Å². The molecule has 0 atom stereocenters. The minimum Gasteiger partial charge on any atom is -0.362 e. The maximum atomic E-state index is 4.79. The van der Waals surface area contributed by atoms with Gasteiger partial charge in [0.05, 0.1) is 6.54 Å². The number of hydrogen-bond donors (Lipinski definition) is 1. The predicted octanol–water partition coefficient (Wildman–Crippen LogP) is 3.91. The summed E-state index contributed by atoms with van der Waals surface area (Å²) < 4.78 is 0. The molecule has 1 aromatic heterocycles. The van der Waals surface area contributed by atoms with Crippen LogP contribution in [0.25, 0.3) is 0 Å². The summed E-state index contributed by atoms with van der Waals surface area (Å²) in [6.45, 7) is 8.38. The van der Waals surface area contributed by atoms with Crippen LogP contribution in [-0.2, 0) is 6.54 Å². The zero-order valence-corrected chi connectivity index (χ0v) is 18.5. The first-order valence-corrected chi connectivity index (χ1v) is 8.81. The summed E-state index contributed by atoms with van der Waals surface area (Å²) in [5, 5.41) is 3.38. The van der Waals surface area contributed by atoms with Gasteiger partial charge in [-0.2, -0.15) is 0 Å². The van der Waals surface area contributed by atoms with E-state index in [-0.39, 0.29) is 24.0 Å². The van der Waals surface area contributed by atoms with Crippen LogP contribution in [0.2, 0.25) is 0 Å². The van der Waals surface area contributed by atoms with Gasteiger partial charge < -0.3 is 15.1 Å². The van der Waals surface area contributed by atoms with Gasteiger partial charge in [0.25, 0.3) is 0 Å². The fourth-order valence-electron chi connectivity index (χ4n) is 2.51. The number of nitrogens with one attached hydrogen (secondary N) is 1. The normalized spacial score (nSPS) is 10.8. The molecular formula is C19H34IN5. The van der Waals surface area contributed by atoms with Crippen LogP contribution in [0.1, 0.15) is 38.2 Å². The molecule has 1 rings (SSSR count). The van der Waals surface area contributed by atoms with E-state index in [0.29, 0.717) is 6.54 Å². The second-order valence-corrected chi connectivity index (χ2v) is 6.11. The highest BCUT2D eigenvalue weighted by Crippen LogP contribution is 2.15. The number of anilines is 1. The monoisotopic (exact) mass is 459 g/mol. The van der Waals surface area contributed by atoms with E-state index in [9.17, 15) is 0 Å². The van der Waals surface area contributed by atoms with Crippen molar-refractivity contribution in [1.29, 1.82) is 0 Å². The molecule has 6 heteroatoms. The second kappa shape index (κ2) is 13.9. The minimum atomic E-state index is 0. The van der Waals surface area contributed by atoms with E-state index < -0.39 is 0 Å². The highest BCUT2D eigenvalue weighted by atomic mass is 127. The Hall–Kier alpha value is -1.31. The van der Waals surface area contributed by atoms with E-state index in [4.69, 9.17) is 4.99 Å². The van der Waals surface area contributed by atoms with Gasteiger partial charge in [0.15, 0.2) is 5.96 Å². The first kappa shape index (κ1) is 23.7. The molecule has 0 saturated heterocycles. The molecule has 0 amide bonds. The van der Waals surface area contributed by atoms with E-state index in [2.05, 4.69) is 41.8 Å². The first-order chi connectivity index (χ1) is 11.6. The number of rotatable bonds is 10. The van der Waals surface area contributed by atoms with Gasteiger partial charge in [-0.1, -0.05) is 18.6 Å². The Balaban J connectivity index is 0.00000576. The Bertz CT molecular complexity index is 516. The predicted molar refractivity (Wildman–Crippen MR) is 120 cm³/mol. The van der Waals surface area contributed by atoms with Crippen molar-refractivity contribution in [2.75, 3.05) is 39.1 Å². The van der Waals surface area contributed by atoms with Crippen LogP contribution in [0, 0.1) is 0 Å². The van der Waals surface area contributed by atoms with Gasteiger partial charge >= 0.3 is 0 Å². The molecule has 1 N–H and O–H groups in total. The summed E-state index contributed by atoms with van der Waals surface area (Å²) >= 11 is 0. The lowest BCUT2D eigenvalue weighted by Crippen LogP contribution is -2.39. The number of guanidine groups is 1. The zero-order valence-electron chi connectivity index (χ0n) is 16.2. The fraction of sp³-hybridized carbons (Fsp3) is 0.579. The van der Waals surface area contributed by atoms with Gasteiger partial charge in [0, 0.05) is 46.0 Å². The third kappa shape index (κ3) is 9.09. The van der Waals surface area contributed by atoms with Crippen molar-refractivity contribution in [3.05, 3.63) is 36.5 Å². The highest BCUT2D eigenvalue weighted by molar-refractivity contribution is 14.0. The number of pyridine rings is 1. The lowest BCUT2D eigenvalue weighted by molar-refractivity contribution is 0.455. The SMILES string of the molecule is C=CCCCCCN(C)C(=NCc1cccnc1N(C)C)NCC.I. The van der Waals surface area contributed by atoms with Gasteiger partial charge in [0.2, 0.25) is 0 Å². The Kier molecular flexibility index (Phi) is 13.2. The number of halogens is 1. The van der Waals surface area contributed by atoms with Gasteiger partial charge in [0.1, 0.15) is 5.82 Å². The smallest absolute Gasteiger partial charge is 0.193 e. The van der Waals surface area contributed by atoms with E-state index in [1.54, 1.807) is 0 Å². The highest BCUT2D eigenvalue weighted by Gasteiger charge is 2.08. The summed E-state index contributed by atoms with van der Waals surface area (Å²) in [6.07, 6.45) is 8.53. The molecule has 0 aromatic carbocycles. The van der Waals surface area contributed by atoms with Crippen molar-refractivity contribution in [3.63, 3.8) is 0 Å². The van der Waals surface area contributed by atoms with Gasteiger partial charge in [-0.25, -0.2) is 9.98 Å².